The highest BCUT2D eigenvalue weighted by Crippen LogP contribution is 2.21. The van der Waals surface area contributed by atoms with Crippen molar-refractivity contribution in [1.82, 2.24) is 5.43 Å². The smallest absolute Gasteiger partial charge is 0.260 e. The van der Waals surface area contributed by atoms with E-state index in [2.05, 4.69) is 10.5 Å². The third-order valence-electron chi connectivity index (χ3n) is 3.81. The summed E-state index contributed by atoms with van der Waals surface area (Å²) in [6.45, 7) is 3.67. The second kappa shape index (κ2) is 8.77. The lowest BCUT2D eigenvalue weighted by molar-refractivity contribution is -0.119. The van der Waals surface area contributed by atoms with Crippen LogP contribution in [0.4, 0.5) is 10.1 Å². The third kappa shape index (κ3) is 6.18. The molecule has 6 nitrogen and oxygen atoms in total. The maximum absolute atomic E-state index is 12.8. The minimum absolute atomic E-state index is 0.315. The Bertz CT molecular complexity index is 908. The van der Waals surface area contributed by atoms with E-state index in [-0.39, 0.29) is 5.82 Å². The summed E-state index contributed by atoms with van der Waals surface area (Å²) in [4.78, 5) is 12.1. The second-order valence-corrected chi connectivity index (χ2v) is 8.27. The van der Waals surface area contributed by atoms with Crippen molar-refractivity contribution in [3.8, 4) is 0 Å². The fraction of sp³-hybridized carbons (Fsp3) is 0.263. The Kier molecular flexibility index (Phi) is 6.68. The zero-order valence-electron chi connectivity index (χ0n) is 15.4. The average Bonchev–Trinajstić information content (AvgIpc) is 2.60. The van der Waals surface area contributed by atoms with Gasteiger partial charge >= 0.3 is 0 Å². The van der Waals surface area contributed by atoms with E-state index in [1.54, 1.807) is 12.1 Å². The molecule has 1 N–H and O–H groups in total. The molecule has 0 radical (unpaired) electrons. The van der Waals surface area contributed by atoms with Crippen molar-refractivity contribution >= 4 is 27.8 Å². The van der Waals surface area contributed by atoms with Gasteiger partial charge in [-0.1, -0.05) is 38.1 Å². The van der Waals surface area contributed by atoms with Crippen molar-refractivity contribution in [3.05, 3.63) is 65.5 Å². The number of rotatable bonds is 7. The number of amides is 1. The van der Waals surface area contributed by atoms with Crippen molar-refractivity contribution in [2.45, 2.75) is 19.8 Å². The van der Waals surface area contributed by atoms with E-state index in [1.807, 2.05) is 26.0 Å². The topological polar surface area (TPSA) is 78.8 Å². The first kappa shape index (κ1) is 20.6. The molecule has 0 spiro atoms. The molecule has 0 aliphatic rings. The molecule has 1 amide bonds. The molecule has 0 saturated heterocycles. The first-order valence-corrected chi connectivity index (χ1v) is 10.2. The summed E-state index contributed by atoms with van der Waals surface area (Å²) in [5.41, 5.74) is 4.35. The van der Waals surface area contributed by atoms with Gasteiger partial charge in [0.1, 0.15) is 12.4 Å². The molecule has 8 heteroatoms. The van der Waals surface area contributed by atoms with Gasteiger partial charge in [-0.3, -0.25) is 9.10 Å². The summed E-state index contributed by atoms with van der Waals surface area (Å²) >= 11 is 0. The zero-order chi connectivity index (χ0) is 20.0. The maximum Gasteiger partial charge on any atom is 0.260 e. The van der Waals surface area contributed by atoms with E-state index in [4.69, 9.17) is 0 Å². The van der Waals surface area contributed by atoms with Gasteiger partial charge in [-0.05, 0) is 41.3 Å². The molecule has 2 aromatic carbocycles. The molecule has 2 aromatic rings. The number of benzene rings is 2. The lowest BCUT2D eigenvalue weighted by atomic mass is 10.0. The summed E-state index contributed by atoms with van der Waals surface area (Å²) in [7, 11) is -3.65. The van der Waals surface area contributed by atoms with Crippen LogP contribution >= 0.6 is 0 Å². The summed E-state index contributed by atoms with van der Waals surface area (Å²) in [5, 5.41) is 3.77. The van der Waals surface area contributed by atoms with E-state index >= 15 is 0 Å². The number of hydrazone groups is 1. The van der Waals surface area contributed by atoms with E-state index in [1.165, 1.54) is 30.5 Å². The van der Waals surface area contributed by atoms with Crippen LogP contribution in [-0.4, -0.2) is 33.3 Å². The summed E-state index contributed by atoms with van der Waals surface area (Å²) in [5.74, 6) is -0.648. The molecule has 0 aliphatic carbocycles. The Morgan fingerprint density at radius 2 is 1.74 bits per heavy atom. The monoisotopic (exact) mass is 391 g/mol. The van der Waals surface area contributed by atoms with E-state index in [0.29, 0.717) is 17.2 Å². The number of anilines is 1. The number of carbonyl (C=O) groups excluding carboxylic acids is 1. The quantitative estimate of drug-likeness (QED) is 0.582. The molecular weight excluding hydrogens is 369 g/mol. The van der Waals surface area contributed by atoms with Gasteiger partial charge in [-0.2, -0.15) is 5.10 Å². The number of nitrogens with zero attached hydrogens (tertiary/aromatic N) is 2. The molecule has 0 fully saturated rings. The van der Waals surface area contributed by atoms with Gasteiger partial charge in [0.05, 0.1) is 18.2 Å². The zero-order valence-corrected chi connectivity index (χ0v) is 16.2. The van der Waals surface area contributed by atoms with Crippen molar-refractivity contribution < 1.29 is 17.6 Å². The van der Waals surface area contributed by atoms with Crippen LogP contribution in [0.3, 0.4) is 0 Å². The molecule has 0 heterocycles. The van der Waals surface area contributed by atoms with Gasteiger partial charge in [-0.15, -0.1) is 0 Å². The molecule has 0 unspecified atom stereocenters. The SMILES string of the molecule is CC(C)c1ccc(N(CC(=O)N/N=C\c2ccc(F)cc2)S(C)(=O)=O)cc1. The normalized spacial score (nSPS) is 11.7. The number of halogens is 1. The van der Waals surface area contributed by atoms with Crippen molar-refractivity contribution in [2.24, 2.45) is 5.10 Å². The van der Waals surface area contributed by atoms with Crippen molar-refractivity contribution in [2.75, 3.05) is 17.1 Å². The van der Waals surface area contributed by atoms with Gasteiger partial charge in [0.15, 0.2) is 0 Å². The summed E-state index contributed by atoms with van der Waals surface area (Å²) in [6, 6.07) is 12.6. The highest BCUT2D eigenvalue weighted by molar-refractivity contribution is 7.92. The van der Waals surface area contributed by atoms with Crippen LogP contribution in [-0.2, 0) is 14.8 Å². The minimum Gasteiger partial charge on any atom is -0.271 e. The number of hydrogen-bond donors (Lipinski definition) is 1. The van der Waals surface area contributed by atoms with Gasteiger partial charge in [-0.25, -0.2) is 18.2 Å². The first-order chi connectivity index (χ1) is 12.7. The van der Waals surface area contributed by atoms with Crippen LogP contribution in [0.15, 0.2) is 53.6 Å². The lowest BCUT2D eigenvalue weighted by Crippen LogP contribution is -2.39. The molecule has 2 rings (SSSR count). The highest BCUT2D eigenvalue weighted by atomic mass is 32.2. The maximum atomic E-state index is 12.8. The fourth-order valence-corrected chi connectivity index (χ4v) is 3.18. The predicted molar refractivity (Wildman–Crippen MR) is 105 cm³/mol. The average molecular weight is 391 g/mol. The number of nitrogens with one attached hydrogen (secondary N) is 1. The Labute approximate surface area is 158 Å². The largest absolute Gasteiger partial charge is 0.271 e. The Hall–Kier alpha value is -2.74. The number of carbonyl (C=O) groups is 1. The molecule has 0 atom stereocenters. The Morgan fingerprint density at radius 3 is 2.26 bits per heavy atom. The van der Waals surface area contributed by atoms with Gasteiger partial charge in [0.25, 0.3) is 5.91 Å². The predicted octanol–water partition coefficient (Wildman–Crippen LogP) is 2.87. The van der Waals surface area contributed by atoms with Crippen LogP contribution in [0.25, 0.3) is 0 Å². The van der Waals surface area contributed by atoms with Crippen LogP contribution in [0, 0.1) is 5.82 Å². The second-order valence-electron chi connectivity index (χ2n) is 6.36. The van der Waals surface area contributed by atoms with Crippen molar-refractivity contribution in [3.63, 3.8) is 0 Å². The third-order valence-corrected chi connectivity index (χ3v) is 4.95. The Balaban J connectivity index is 2.07. The molecular formula is C19H22FN3O3S. The fourth-order valence-electron chi connectivity index (χ4n) is 2.32. The van der Waals surface area contributed by atoms with Crippen LogP contribution in [0.2, 0.25) is 0 Å². The minimum atomic E-state index is -3.65. The number of hydrogen-bond acceptors (Lipinski definition) is 4. The van der Waals surface area contributed by atoms with Crippen molar-refractivity contribution in [1.29, 1.82) is 0 Å². The van der Waals surface area contributed by atoms with E-state index < -0.39 is 22.5 Å². The first-order valence-electron chi connectivity index (χ1n) is 8.32. The van der Waals surface area contributed by atoms with Gasteiger partial charge in [0, 0.05) is 0 Å². The molecule has 0 aliphatic heterocycles. The Morgan fingerprint density at radius 1 is 1.15 bits per heavy atom. The summed E-state index contributed by atoms with van der Waals surface area (Å²) in [6.07, 6.45) is 2.39. The van der Waals surface area contributed by atoms with E-state index in [0.717, 1.165) is 16.1 Å². The lowest BCUT2D eigenvalue weighted by Gasteiger charge is -2.21. The molecule has 0 bridgehead atoms. The standard InChI is InChI=1S/C19H22FN3O3S/c1-14(2)16-6-10-18(11-7-16)23(27(3,25)26)13-19(24)22-21-12-15-4-8-17(20)9-5-15/h4-12,14H,13H2,1-3H3,(H,22,24)/b21-12-. The van der Waals surface area contributed by atoms with Crippen LogP contribution < -0.4 is 9.73 Å². The molecule has 0 saturated carbocycles. The molecule has 0 aromatic heterocycles. The summed E-state index contributed by atoms with van der Waals surface area (Å²) < 4.78 is 38.0. The highest BCUT2D eigenvalue weighted by Gasteiger charge is 2.20. The molecule has 144 valence electrons. The van der Waals surface area contributed by atoms with Crippen LogP contribution in [0.5, 0.6) is 0 Å². The van der Waals surface area contributed by atoms with Gasteiger partial charge < -0.3 is 0 Å². The molecule has 27 heavy (non-hydrogen) atoms. The van der Waals surface area contributed by atoms with Crippen LogP contribution in [0.1, 0.15) is 30.9 Å². The van der Waals surface area contributed by atoms with E-state index in [9.17, 15) is 17.6 Å². The number of sulfonamides is 1. The van der Waals surface area contributed by atoms with Gasteiger partial charge in [0.2, 0.25) is 10.0 Å².